The molecule has 1 aromatic rings. The number of carbonyl (C=O) groups excluding carboxylic acids is 4. The first-order chi connectivity index (χ1) is 56.2. The number of pyridine rings is 1. The first-order valence-electron chi connectivity index (χ1n) is 49.8. The molecule has 1 aromatic heterocycles. The van der Waals surface area contributed by atoms with Gasteiger partial charge in [-0.15, -0.1) is 0 Å². The fourth-order valence-electron chi connectivity index (χ4n) is 22.7. The predicted octanol–water partition coefficient (Wildman–Crippen LogP) is 21.0. The first-order valence-corrected chi connectivity index (χ1v) is 49.8. The van der Waals surface area contributed by atoms with Crippen LogP contribution in [-0.4, -0.2) is 231 Å². The molecule has 16 heteroatoms. The van der Waals surface area contributed by atoms with E-state index < -0.39 is 0 Å². The molecule has 10 aliphatic heterocycles. The number of hydrogen-bond acceptors (Lipinski definition) is 13. The van der Waals surface area contributed by atoms with Gasteiger partial charge in [-0.1, -0.05) is 183 Å². The number of hydrogen-bond donors (Lipinski definition) is 0. The second-order valence-electron chi connectivity index (χ2n) is 43.9. The van der Waals surface area contributed by atoms with Crippen LogP contribution in [0.3, 0.4) is 0 Å². The fraction of sp³-hybridized carbons (Fsp3) is 0.912. The van der Waals surface area contributed by atoms with E-state index in [-0.39, 0.29) is 24.1 Å². The summed E-state index contributed by atoms with van der Waals surface area (Å²) in [6.45, 7) is 64.7. The Balaban J connectivity index is 0.000000193. The maximum Gasteiger partial charge on any atom is 0.306 e. The van der Waals surface area contributed by atoms with Gasteiger partial charge in [-0.3, -0.25) is 43.8 Å². The van der Waals surface area contributed by atoms with E-state index in [4.69, 9.17) is 14.2 Å². The van der Waals surface area contributed by atoms with Gasteiger partial charge >= 0.3 is 5.97 Å². The average molecular weight is 1650 g/mol. The molecule has 10 saturated heterocycles. The van der Waals surface area contributed by atoms with E-state index in [9.17, 15) is 19.2 Å². The van der Waals surface area contributed by atoms with E-state index in [0.717, 1.165) is 238 Å². The number of fused-ring (bicyclic) bond motifs is 3. The number of piperidine rings is 8. The van der Waals surface area contributed by atoms with E-state index >= 15 is 0 Å². The molecule has 3 aliphatic carbocycles. The Morgan fingerprint density at radius 2 is 0.949 bits per heavy atom. The van der Waals surface area contributed by atoms with Crippen molar-refractivity contribution in [1.82, 2.24) is 44.2 Å². The SMILES string of the molecule is CC(C)(C)C1CCC(CC(=O)OCc2cccnc2)CC1.CC(C)C1CCC(N2CCOCC2)CC1.CC(C)C1CCCCC1C.CC(C)C1CN2CCC1CC2.CCN1CCCCC1C(=O)N1CCC(C(C)C)CC1.CN1CCCCCC1C(=O)N1CCC(C(C)(C)C)CC1.COCCN1CCCCC1C(=O)N1CCC(C(C)(C)C)CC1. The molecule has 0 N–H and O–H groups in total. The van der Waals surface area contributed by atoms with Crippen LogP contribution in [0.25, 0.3) is 0 Å². The van der Waals surface area contributed by atoms with Crippen LogP contribution in [0.15, 0.2) is 24.5 Å². The van der Waals surface area contributed by atoms with Crippen LogP contribution in [0.4, 0.5) is 0 Å². The van der Waals surface area contributed by atoms with Crippen LogP contribution in [-0.2, 0) is 40.0 Å². The summed E-state index contributed by atoms with van der Waals surface area (Å²) in [7, 11) is 3.85. The Bertz CT molecular complexity index is 2870. The number of rotatable bonds is 16. The highest BCUT2D eigenvalue weighted by Gasteiger charge is 2.41. The number of morpholine rings is 1. The molecule has 3 saturated carbocycles. The monoisotopic (exact) mass is 1650 g/mol. The number of likely N-dealkylation sites (N-methyl/N-ethyl adjacent to an activating group) is 2. The van der Waals surface area contributed by atoms with Gasteiger partial charge in [0.25, 0.3) is 0 Å². The van der Waals surface area contributed by atoms with Crippen molar-refractivity contribution >= 4 is 23.7 Å². The summed E-state index contributed by atoms with van der Waals surface area (Å²) in [5.41, 5.74) is 2.09. The van der Waals surface area contributed by atoms with E-state index in [0.29, 0.717) is 52.9 Å². The van der Waals surface area contributed by atoms with Crippen molar-refractivity contribution in [2.75, 3.05) is 139 Å². The van der Waals surface area contributed by atoms with E-state index in [1.54, 1.807) is 19.5 Å². The molecule has 6 unspecified atom stereocenters. The molecule has 3 amide bonds. The molecule has 11 heterocycles. The highest BCUT2D eigenvalue weighted by molar-refractivity contribution is 5.83. The van der Waals surface area contributed by atoms with Crippen LogP contribution in [0.1, 0.15) is 336 Å². The second kappa shape index (κ2) is 52.0. The fourth-order valence-corrected chi connectivity index (χ4v) is 22.7. The molecule has 13 fully saturated rings. The van der Waals surface area contributed by atoms with Gasteiger partial charge < -0.3 is 33.8 Å². The number of aromatic nitrogens is 1. The lowest BCUT2D eigenvalue weighted by Crippen LogP contribution is -2.53. The smallest absolute Gasteiger partial charge is 0.306 e. The van der Waals surface area contributed by atoms with Gasteiger partial charge in [0, 0.05) is 103 Å². The molecule has 0 radical (unpaired) electrons. The van der Waals surface area contributed by atoms with E-state index in [2.05, 4.69) is 183 Å². The molecule has 682 valence electrons. The average Bonchev–Trinajstić information content (AvgIpc) is 1.76. The summed E-state index contributed by atoms with van der Waals surface area (Å²) in [6.07, 6.45) is 42.2. The molecule has 118 heavy (non-hydrogen) atoms. The Hall–Kier alpha value is -3.25. The molecule has 0 spiro atoms. The molecule has 6 atom stereocenters. The number of methoxy groups -OCH3 is 1. The van der Waals surface area contributed by atoms with Gasteiger partial charge in [0.15, 0.2) is 0 Å². The lowest BCUT2D eigenvalue weighted by Gasteiger charge is -2.46. The molecule has 16 nitrogen and oxygen atoms in total. The van der Waals surface area contributed by atoms with Crippen LogP contribution in [0.5, 0.6) is 0 Å². The Kier molecular flexibility index (Phi) is 44.9. The molecular formula is C102H187N9O7. The van der Waals surface area contributed by atoms with Crippen molar-refractivity contribution in [2.24, 2.45) is 99.1 Å². The normalized spacial score (nSPS) is 29.2. The van der Waals surface area contributed by atoms with Gasteiger partial charge in [0.1, 0.15) is 6.61 Å². The second-order valence-corrected chi connectivity index (χ2v) is 43.9. The highest BCUT2D eigenvalue weighted by atomic mass is 16.5. The van der Waals surface area contributed by atoms with Crippen LogP contribution in [0.2, 0.25) is 0 Å². The Labute approximate surface area is 726 Å². The number of likely N-dealkylation sites (tertiary alicyclic amines) is 6. The van der Waals surface area contributed by atoms with E-state index in [1.165, 1.54) is 167 Å². The van der Waals surface area contributed by atoms with Crippen LogP contribution < -0.4 is 0 Å². The minimum Gasteiger partial charge on any atom is -0.461 e. The number of nitrogens with zero attached hydrogens (tertiary/aromatic N) is 9. The van der Waals surface area contributed by atoms with Crippen molar-refractivity contribution in [3.05, 3.63) is 30.1 Å². The van der Waals surface area contributed by atoms with Crippen molar-refractivity contribution in [3.8, 4) is 0 Å². The summed E-state index contributed by atoms with van der Waals surface area (Å²) in [6, 6.07) is 5.06. The van der Waals surface area contributed by atoms with Crippen LogP contribution in [0, 0.1) is 99.1 Å². The summed E-state index contributed by atoms with van der Waals surface area (Å²) < 4.78 is 16.0. The van der Waals surface area contributed by atoms with Gasteiger partial charge in [-0.05, 0) is 299 Å². The van der Waals surface area contributed by atoms with Crippen LogP contribution >= 0.6 is 0 Å². The van der Waals surface area contributed by atoms with Crippen molar-refractivity contribution < 1.29 is 33.4 Å². The lowest BCUT2D eigenvalue weighted by atomic mass is 9.69. The number of esters is 1. The van der Waals surface area contributed by atoms with Gasteiger partial charge in [0.2, 0.25) is 17.7 Å². The maximum atomic E-state index is 12.9. The zero-order valence-electron chi connectivity index (χ0n) is 80.6. The lowest BCUT2D eigenvalue weighted by molar-refractivity contribution is -0.146. The minimum atomic E-state index is -0.0712. The molecular weight excluding hydrogens is 1460 g/mol. The number of amides is 3. The maximum absolute atomic E-state index is 12.9. The topological polar surface area (TPSA) is 135 Å². The predicted molar refractivity (Wildman–Crippen MR) is 493 cm³/mol. The quantitative estimate of drug-likeness (QED) is 0.145. The van der Waals surface area contributed by atoms with Crippen molar-refractivity contribution in [3.63, 3.8) is 0 Å². The third-order valence-corrected chi connectivity index (χ3v) is 31.4. The van der Waals surface area contributed by atoms with Gasteiger partial charge in [-0.25, -0.2) is 0 Å². The van der Waals surface area contributed by atoms with Gasteiger partial charge in [-0.2, -0.15) is 0 Å². The molecule has 0 aromatic carbocycles. The Morgan fingerprint density at radius 1 is 0.483 bits per heavy atom. The standard InChI is InChI=1S/C18H34N2O2.C18H27NO2.C17H32N2O.C16H30N2O.C13H25NO.C10H19N.C10H20/c1-18(2,3)15-8-11-20(12-9-15)17(21)16-7-5-6-10-19(16)13-14-22-4;1-18(2,3)16-8-6-14(7-9-16)11-17(20)21-13-15-5-4-10-19-12-15;1-17(2,3)14-9-12-19(13-10-14)16(20)15-8-6-5-7-11-18(15)4;1-4-17-10-6-5-7-15(17)16(19)18-11-8-14(9-12-18)13(2)3;1-11(2)12-3-5-13(6-4-12)14-7-9-15-10-8-14;1-8(2)10-7-11-5-3-9(10)4-6-11;1-8(2)10-7-5-4-6-9(10)3/h15-16H,5-14H2,1-4H3;4-5,10,12,14,16H,6-9,11,13H2,1-3H3;14-15H,5-13H2,1-4H3;13-15H,4-12H2,1-3H3;11-13H,3-10H2,1-2H3;8-10H,3-7H2,1-2H3;8-10H,4-7H2,1-3H3. The highest BCUT2D eigenvalue weighted by Crippen LogP contribution is 2.43. The third kappa shape index (κ3) is 34.3. The molecule has 14 rings (SSSR count). The minimum absolute atomic E-state index is 0.0712. The molecule has 2 bridgehead atoms. The zero-order chi connectivity index (χ0) is 86.1. The Morgan fingerprint density at radius 3 is 1.41 bits per heavy atom. The summed E-state index contributed by atoms with van der Waals surface area (Å²) in [4.78, 5) is 73.0. The summed E-state index contributed by atoms with van der Waals surface area (Å²) in [5, 5.41) is 0. The third-order valence-electron chi connectivity index (χ3n) is 31.4. The van der Waals surface area contributed by atoms with E-state index in [1.807, 2.05) is 12.1 Å². The summed E-state index contributed by atoms with van der Waals surface area (Å²) >= 11 is 0. The first kappa shape index (κ1) is 102. The number of carbonyl (C=O) groups is 4. The zero-order valence-corrected chi connectivity index (χ0v) is 80.6. The number of ether oxygens (including phenoxy) is 3. The summed E-state index contributed by atoms with van der Waals surface area (Å²) in [5.74, 6) is 13.3. The largest absolute Gasteiger partial charge is 0.461 e. The van der Waals surface area contributed by atoms with Crippen molar-refractivity contribution in [2.45, 2.75) is 361 Å². The van der Waals surface area contributed by atoms with Gasteiger partial charge in [0.05, 0.1) is 37.9 Å². The molecule has 13 aliphatic rings. The van der Waals surface area contributed by atoms with Crippen molar-refractivity contribution in [1.29, 1.82) is 0 Å².